The average Bonchev–Trinajstić information content (AvgIpc) is 3.16. The summed E-state index contributed by atoms with van der Waals surface area (Å²) in [5, 5.41) is 32.0. The Kier molecular flexibility index (Phi) is 7.04. The highest BCUT2D eigenvalue weighted by atomic mass is 16.5. The first kappa shape index (κ1) is 22.5. The summed E-state index contributed by atoms with van der Waals surface area (Å²) in [6.07, 6.45) is -2.21. The smallest absolute Gasteiger partial charge is 0.407 e. The van der Waals surface area contributed by atoms with Gasteiger partial charge in [-0.3, -0.25) is 0 Å². The summed E-state index contributed by atoms with van der Waals surface area (Å²) in [6, 6.07) is 25.2. The van der Waals surface area contributed by atoms with Crippen LogP contribution in [-0.4, -0.2) is 35.6 Å². The van der Waals surface area contributed by atoms with Crippen LogP contribution in [0.15, 0.2) is 72.8 Å². The van der Waals surface area contributed by atoms with Crippen molar-refractivity contribution in [2.75, 3.05) is 13.2 Å². The summed E-state index contributed by atoms with van der Waals surface area (Å²) in [7, 11) is 0. The van der Waals surface area contributed by atoms with Crippen molar-refractivity contribution in [3.05, 3.63) is 95.1 Å². The number of rotatable bonds is 8. The monoisotopic (exact) mass is 442 g/mol. The second kappa shape index (κ2) is 10.3. The summed E-state index contributed by atoms with van der Waals surface area (Å²) < 4.78 is 5.48. The molecule has 0 aliphatic heterocycles. The topological polar surface area (TPSA) is 103 Å². The largest absolute Gasteiger partial charge is 0.449 e. The number of nitrogens with zero attached hydrogens (tertiary/aromatic N) is 1. The first-order chi connectivity index (χ1) is 16.1. The lowest BCUT2D eigenvalue weighted by Gasteiger charge is -2.19. The van der Waals surface area contributed by atoms with E-state index in [1.54, 1.807) is 24.3 Å². The summed E-state index contributed by atoms with van der Waals surface area (Å²) in [5.41, 5.74) is 6.03. The van der Waals surface area contributed by atoms with Gasteiger partial charge in [-0.1, -0.05) is 72.8 Å². The number of alkyl carbamates (subject to hydrolysis) is 1. The highest BCUT2D eigenvalue weighted by molar-refractivity contribution is 5.79. The number of carbonyl (C=O) groups excluding carboxylic acids is 1. The highest BCUT2D eigenvalue weighted by Gasteiger charge is 2.29. The van der Waals surface area contributed by atoms with Crippen molar-refractivity contribution in [3.8, 4) is 17.2 Å². The molecular weight excluding hydrogens is 416 g/mol. The third-order valence-electron chi connectivity index (χ3n) is 6.02. The normalized spacial score (nSPS) is 14.0. The van der Waals surface area contributed by atoms with Crippen LogP contribution in [0.3, 0.4) is 0 Å². The van der Waals surface area contributed by atoms with Gasteiger partial charge < -0.3 is 20.3 Å². The molecule has 3 aromatic carbocycles. The van der Waals surface area contributed by atoms with Gasteiger partial charge in [0.05, 0.1) is 18.6 Å². The van der Waals surface area contributed by atoms with Crippen LogP contribution >= 0.6 is 0 Å². The van der Waals surface area contributed by atoms with E-state index < -0.39 is 18.3 Å². The lowest BCUT2D eigenvalue weighted by Crippen LogP contribution is -2.30. The molecule has 168 valence electrons. The van der Waals surface area contributed by atoms with E-state index in [0.717, 1.165) is 16.7 Å². The minimum atomic E-state index is -1.08. The third-order valence-corrected chi connectivity index (χ3v) is 6.02. The number of aliphatic hydroxyl groups excluding tert-OH is 2. The van der Waals surface area contributed by atoms with Gasteiger partial charge >= 0.3 is 6.09 Å². The molecule has 2 unspecified atom stereocenters. The second-order valence-electron chi connectivity index (χ2n) is 8.13. The predicted octanol–water partition coefficient (Wildman–Crippen LogP) is 4.08. The van der Waals surface area contributed by atoms with Crippen LogP contribution in [-0.2, 0) is 11.2 Å². The van der Waals surface area contributed by atoms with Crippen molar-refractivity contribution in [1.29, 1.82) is 5.26 Å². The van der Waals surface area contributed by atoms with Crippen molar-refractivity contribution in [3.63, 3.8) is 0 Å². The second-order valence-corrected chi connectivity index (χ2v) is 8.13. The molecule has 1 aliphatic rings. The first-order valence-corrected chi connectivity index (χ1v) is 11.0. The zero-order valence-electron chi connectivity index (χ0n) is 18.1. The number of benzene rings is 3. The van der Waals surface area contributed by atoms with Crippen molar-refractivity contribution in [1.82, 2.24) is 5.32 Å². The van der Waals surface area contributed by atoms with Crippen LogP contribution in [0.25, 0.3) is 11.1 Å². The van der Waals surface area contributed by atoms with E-state index in [-0.39, 0.29) is 25.5 Å². The van der Waals surface area contributed by atoms with E-state index in [1.165, 1.54) is 11.1 Å². The van der Waals surface area contributed by atoms with Gasteiger partial charge in [-0.05, 0) is 39.8 Å². The Labute approximate surface area is 193 Å². The molecule has 0 bridgehead atoms. The quantitative estimate of drug-likeness (QED) is 0.488. The molecular formula is C27H26N2O4. The molecule has 3 aromatic rings. The number of hydrogen-bond acceptors (Lipinski definition) is 5. The van der Waals surface area contributed by atoms with Gasteiger partial charge in [0.2, 0.25) is 0 Å². The number of fused-ring (bicyclic) bond motifs is 3. The minimum Gasteiger partial charge on any atom is -0.449 e. The molecule has 1 amide bonds. The Morgan fingerprint density at radius 1 is 0.970 bits per heavy atom. The zero-order chi connectivity index (χ0) is 23.2. The molecule has 3 N–H and O–H groups in total. The fourth-order valence-corrected chi connectivity index (χ4v) is 4.28. The fraction of sp³-hybridized carbons (Fsp3) is 0.259. The van der Waals surface area contributed by atoms with Crippen LogP contribution in [0.4, 0.5) is 4.79 Å². The Balaban J connectivity index is 1.26. The average molecular weight is 443 g/mol. The van der Waals surface area contributed by atoms with E-state index in [9.17, 15) is 15.0 Å². The lowest BCUT2D eigenvalue weighted by molar-refractivity contribution is 0.0136. The molecule has 2 atom stereocenters. The molecule has 6 nitrogen and oxygen atoms in total. The van der Waals surface area contributed by atoms with Crippen LogP contribution in [0, 0.1) is 11.3 Å². The van der Waals surface area contributed by atoms with E-state index in [0.29, 0.717) is 12.0 Å². The van der Waals surface area contributed by atoms with E-state index in [1.807, 2.05) is 24.3 Å². The molecule has 1 aliphatic carbocycles. The summed E-state index contributed by atoms with van der Waals surface area (Å²) in [6.45, 7) is 0.390. The Bertz CT molecular complexity index is 1110. The van der Waals surface area contributed by atoms with E-state index >= 15 is 0 Å². The highest BCUT2D eigenvalue weighted by Crippen LogP contribution is 2.44. The number of hydrogen-bond donors (Lipinski definition) is 3. The molecule has 0 radical (unpaired) electrons. The molecule has 0 heterocycles. The molecule has 4 rings (SSSR count). The van der Waals surface area contributed by atoms with Gasteiger partial charge in [-0.2, -0.15) is 5.26 Å². The van der Waals surface area contributed by atoms with Crippen LogP contribution in [0.1, 0.15) is 40.7 Å². The maximum atomic E-state index is 12.2. The van der Waals surface area contributed by atoms with Gasteiger partial charge in [-0.25, -0.2) is 4.79 Å². The van der Waals surface area contributed by atoms with Crippen molar-refractivity contribution in [2.45, 2.75) is 31.0 Å². The molecule has 0 fully saturated rings. The predicted molar refractivity (Wildman–Crippen MR) is 124 cm³/mol. The summed E-state index contributed by atoms with van der Waals surface area (Å²) in [4.78, 5) is 12.2. The Morgan fingerprint density at radius 3 is 2.18 bits per heavy atom. The van der Waals surface area contributed by atoms with Crippen LogP contribution in [0.5, 0.6) is 0 Å². The molecule has 0 aromatic heterocycles. The van der Waals surface area contributed by atoms with Crippen molar-refractivity contribution in [2.24, 2.45) is 0 Å². The fourth-order valence-electron chi connectivity index (χ4n) is 4.28. The van der Waals surface area contributed by atoms with Crippen molar-refractivity contribution < 1.29 is 19.7 Å². The SMILES string of the molecule is N#CCc1ccc(C(O)C(O)CCNC(=O)OCC2c3ccccc3-c3ccccc32)cc1. The molecule has 0 saturated heterocycles. The summed E-state index contributed by atoms with van der Waals surface area (Å²) in [5.74, 6) is -0.0143. The van der Waals surface area contributed by atoms with Crippen molar-refractivity contribution >= 4 is 6.09 Å². The number of nitrogens with one attached hydrogen (secondary N) is 1. The molecule has 33 heavy (non-hydrogen) atoms. The molecule has 0 spiro atoms. The standard InChI is InChI=1S/C27H26N2O4/c28-15-13-18-9-11-19(12-10-18)26(31)25(30)14-16-29-27(32)33-17-24-22-7-3-1-5-20(22)21-6-2-4-8-23(21)24/h1-12,24-26,30-31H,13-14,16-17H2,(H,29,32). The van der Waals surface area contributed by atoms with Gasteiger partial charge in [0.25, 0.3) is 0 Å². The van der Waals surface area contributed by atoms with Crippen LogP contribution in [0.2, 0.25) is 0 Å². The maximum absolute atomic E-state index is 12.2. The number of ether oxygens (including phenoxy) is 1. The first-order valence-electron chi connectivity index (χ1n) is 11.0. The number of carbonyl (C=O) groups is 1. The zero-order valence-corrected chi connectivity index (χ0v) is 18.1. The lowest BCUT2D eigenvalue weighted by atomic mass is 9.98. The van der Waals surface area contributed by atoms with Gasteiger partial charge in [0, 0.05) is 12.5 Å². The molecule has 0 saturated carbocycles. The van der Waals surface area contributed by atoms with Gasteiger partial charge in [0.15, 0.2) is 0 Å². The Morgan fingerprint density at radius 2 is 1.58 bits per heavy atom. The third kappa shape index (κ3) is 5.06. The van der Waals surface area contributed by atoms with Gasteiger partial charge in [0.1, 0.15) is 12.7 Å². The minimum absolute atomic E-state index is 0.0143. The number of nitriles is 1. The number of amides is 1. The van der Waals surface area contributed by atoms with Gasteiger partial charge in [-0.15, -0.1) is 0 Å². The number of aliphatic hydroxyl groups is 2. The maximum Gasteiger partial charge on any atom is 0.407 e. The van der Waals surface area contributed by atoms with E-state index in [4.69, 9.17) is 10.00 Å². The Hall–Kier alpha value is -3.66. The van der Waals surface area contributed by atoms with Crippen LogP contribution < -0.4 is 5.32 Å². The van der Waals surface area contributed by atoms with E-state index in [2.05, 4.69) is 35.7 Å². The summed E-state index contributed by atoms with van der Waals surface area (Å²) >= 11 is 0. The molecule has 6 heteroatoms.